The van der Waals surface area contributed by atoms with Gasteiger partial charge in [0.1, 0.15) is 11.8 Å². The van der Waals surface area contributed by atoms with Gasteiger partial charge in [-0.25, -0.2) is 4.98 Å². The van der Waals surface area contributed by atoms with Crippen LogP contribution in [0.4, 0.5) is 5.69 Å². The summed E-state index contributed by atoms with van der Waals surface area (Å²) in [6, 6.07) is 22.9. The number of nitrogens with zero attached hydrogens (tertiary/aromatic N) is 4. The van der Waals surface area contributed by atoms with E-state index in [2.05, 4.69) is 57.3 Å². The Labute approximate surface area is 154 Å². The Balaban J connectivity index is 1.45. The Morgan fingerprint density at radius 1 is 0.923 bits per heavy atom. The molecule has 3 aromatic rings. The highest BCUT2D eigenvalue weighted by Gasteiger charge is 2.19. The van der Waals surface area contributed by atoms with E-state index in [1.807, 2.05) is 24.3 Å². The van der Waals surface area contributed by atoms with Crippen molar-refractivity contribution in [1.29, 1.82) is 5.26 Å². The highest BCUT2D eigenvalue weighted by atomic mass is 15.3. The van der Waals surface area contributed by atoms with E-state index in [1.54, 1.807) is 0 Å². The molecule has 0 bridgehead atoms. The lowest BCUT2D eigenvalue weighted by atomic mass is 10.1. The van der Waals surface area contributed by atoms with Gasteiger partial charge < -0.3 is 4.90 Å². The van der Waals surface area contributed by atoms with Crippen molar-refractivity contribution < 1.29 is 0 Å². The summed E-state index contributed by atoms with van der Waals surface area (Å²) in [5, 5.41) is 10.4. The summed E-state index contributed by atoms with van der Waals surface area (Å²) in [5.74, 6) is 0. The summed E-state index contributed by atoms with van der Waals surface area (Å²) >= 11 is 0. The number of para-hydroxylation sites is 1. The van der Waals surface area contributed by atoms with Crippen LogP contribution in [-0.4, -0.2) is 42.6 Å². The first kappa shape index (κ1) is 16.6. The minimum Gasteiger partial charge on any atom is -0.368 e. The molecular weight excluding hydrogens is 320 g/mol. The summed E-state index contributed by atoms with van der Waals surface area (Å²) in [5.41, 5.74) is 3.92. The third-order valence-corrected chi connectivity index (χ3v) is 5.08. The van der Waals surface area contributed by atoms with Crippen LogP contribution in [-0.2, 0) is 6.42 Å². The Hall–Kier alpha value is -2.90. The first-order chi connectivity index (χ1) is 12.8. The van der Waals surface area contributed by atoms with Crippen molar-refractivity contribution >= 4 is 16.6 Å². The molecule has 130 valence electrons. The summed E-state index contributed by atoms with van der Waals surface area (Å²) < 4.78 is 0. The van der Waals surface area contributed by atoms with Gasteiger partial charge in [-0.05, 0) is 24.1 Å². The predicted molar refractivity (Wildman–Crippen MR) is 105 cm³/mol. The normalized spacial score (nSPS) is 15.1. The third kappa shape index (κ3) is 3.54. The Bertz CT molecular complexity index is 922. The highest BCUT2D eigenvalue weighted by molar-refractivity contribution is 5.92. The standard InChI is InChI=1S/C22H22N4/c23-17-19-16-22(20-8-4-5-9-21(20)24-19)26-14-12-25(13-15-26)11-10-18-6-2-1-3-7-18/h1-9,16H,10-15H2. The van der Waals surface area contributed by atoms with Gasteiger partial charge in [-0.3, -0.25) is 4.90 Å². The minimum atomic E-state index is 0.491. The molecule has 0 unspecified atom stereocenters. The second-order valence-corrected chi connectivity index (χ2v) is 6.72. The number of hydrogen-bond donors (Lipinski definition) is 0. The quantitative estimate of drug-likeness (QED) is 0.728. The van der Waals surface area contributed by atoms with Crippen LogP contribution >= 0.6 is 0 Å². The highest BCUT2D eigenvalue weighted by Crippen LogP contribution is 2.27. The van der Waals surface area contributed by atoms with Gasteiger partial charge in [0.2, 0.25) is 0 Å². The average molecular weight is 342 g/mol. The van der Waals surface area contributed by atoms with Gasteiger partial charge in [-0.1, -0.05) is 48.5 Å². The van der Waals surface area contributed by atoms with Gasteiger partial charge in [0, 0.05) is 43.8 Å². The molecule has 0 aliphatic carbocycles. The molecule has 0 N–H and O–H groups in total. The van der Waals surface area contributed by atoms with Crippen molar-refractivity contribution in [3.8, 4) is 6.07 Å². The number of anilines is 1. The van der Waals surface area contributed by atoms with E-state index in [-0.39, 0.29) is 0 Å². The zero-order chi connectivity index (χ0) is 17.8. The molecule has 2 heterocycles. The Morgan fingerprint density at radius 2 is 1.65 bits per heavy atom. The average Bonchev–Trinajstić information content (AvgIpc) is 2.72. The number of piperazine rings is 1. The van der Waals surface area contributed by atoms with Crippen molar-refractivity contribution in [2.45, 2.75) is 6.42 Å². The zero-order valence-electron chi connectivity index (χ0n) is 14.8. The first-order valence-electron chi connectivity index (χ1n) is 9.14. The molecule has 0 radical (unpaired) electrons. The minimum absolute atomic E-state index is 0.491. The number of nitriles is 1. The molecule has 2 aromatic carbocycles. The molecule has 0 saturated carbocycles. The van der Waals surface area contributed by atoms with Crippen LogP contribution in [0.1, 0.15) is 11.3 Å². The molecule has 1 aliphatic heterocycles. The fraction of sp³-hybridized carbons (Fsp3) is 0.273. The summed E-state index contributed by atoms with van der Waals surface area (Å²) in [6.45, 7) is 5.15. The molecule has 4 rings (SSSR count). The molecule has 4 nitrogen and oxygen atoms in total. The molecule has 0 amide bonds. The summed E-state index contributed by atoms with van der Waals surface area (Å²) in [4.78, 5) is 9.35. The topological polar surface area (TPSA) is 43.2 Å². The molecule has 4 heteroatoms. The third-order valence-electron chi connectivity index (χ3n) is 5.08. The molecule has 1 saturated heterocycles. The van der Waals surface area contributed by atoms with Crippen LogP contribution in [0.2, 0.25) is 0 Å². The van der Waals surface area contributed by atoms with E-state index >= 15 is 0 Å². The van der Waals surface area contributed by atoms with Crippen molar-refractivity contribution in [3.05, 3.63) is 71.9 Å². The van der Waals surface area contributed by atoms with Crippen LogP contribution < -0.4 is 4.90 Å². The van der Waals surface area contributed by atoms with E-state index in [4.69, 9.17) is 0 Å². The maximum Gasteiger partial charge on any atom is 0.143 e. The smallest absolute Gasteiger partial charge is 0.143 e. The fourth-order valence-electron chi connectivity index (χ4n) is 3.62. The molecule has 26 heavy (non-hydrogen) atoms. The predicted octanol–water partition coefficient (Wildman–Crippen LogP) is 3.47. The number of aromatic nitrogens is 1. The Kier molecular flexibility index (Phi) is 4.81. The molecule has 1 aromatic heterocycles. The number of fused-ring (bicyclic) bond motifs is 1. The maximum atomic E-state index is 9.30. The van der Waals surface area contributed by atoms with Crippen LogP contribution in [0.25, 0.3) is 10.9 Å². The van der Waals surface area contributed by atoms with Crippen LogP contribution in [0.15, 0.2) is 60.7 Å². The molecule has 0 spiro atoms. The van der Waals surface area contributed by atoms with E-state index in [0.717, 1.165) is 55.7 Å². The van der Waals surface area contributed by atoms with Crippen molar-refractivity contribution in [3.63, 3.8) is 0 Å². The van der Waals surface area contributed by atoms with E-state index in [9.17, 15) is 5.26 Å². The lowest BCUT2D eigenvalue weighted by molar-refractivity contribution is 0.261. The zero-order valence-corrected chi connectivity index (χ0v) is 14.8. The summed E-state index contributed by atoms with van der Waals surface area (Å²) in [6.07, 6.45) is 1.09. The Morgan fingerprint density at radius 3 is 2.42 bits per heavy atom. The molecule has 1 aliphatic rings. The lowest BCUT2D eigenvalue weighted by Gasteiger charge is -2.36. The molecule has 1 fully saturated rings. The monoisotopic (exact) mass is 342 g/mol. The van der Waals surface area contributed by atoms with Gasteiger partial charge in [-0.15, -0.1) is 0 Å². The van der Waals surface area contributed by atoms with Crippen molar-refractivity contribution in [2.24, 2.45) is 0 Å². The molecule has 0 atom stereocenters. The number of benzene rings is 2. The van der Waals surface area contributed by atoms with Crippen LogP contribution in [0.3, 0.4) is 0 Å². The SMILES string of the molecule is N#Cc1cc(N2CCN(CCc3ccccc3)CC2)c2ccccc2n1. The number of hydrogen-bond acceptors (Lipinski definition) is 4. The number of pyridine rings is 1. The summed E-state index contributed by atoms with van der Waals surface area (Å²) in [7, 11) is 0. The van der Waals surface area contributed by atoms with Crippen molar-refractivity contribution in [1.82, 2.24) is 9.88 Å². The van der Waals surface area contributed by atoms with Crippen LogP contribution in [0, 0.1) is 11.3 Å². The number of rotatable bonds is 4. The van der Waals surface area contributed by atoms with Gasteiger partial charge >= 0.3 is 0 Å². The first-order valence-corrected chi connectivity index (χ1v) is 9.14. The van der Waals surface area contributed by atoms with Crippen LogP contribution in [0.5, 0.6) is 0 Å². The maximum absolute atomic E-state index is 9.30. The van der Waals surface area contributed by atoms with Gasteiger partial charge in [0.15, 0.2) is 0 Å². The lowest BCUT2D eigenvalue weighted by Crippen LogP contribution is -2.47. The van der Waals surface area contributed by atoms with Crippen molar-refractivity contribution in [2.75, 3.05) is 37.6 Å². The second-order valence-electron chi connectivity index (χ2n) is 6.72. The molecular formula is C22H22N4. The second kappa shape index (κ2) is 7.55. The largest absolute Gasteiger partial charge is 0.368 e. The van der Waals surface area contributed by atoms with E-state index in [1.165, 1.54) is 5.56 Å². The van der Waals surface area contributed by atoms with Gasteiger partial charge in [0.05, 0.1) is 5.52 Å². The van der Waals surface area contributed by atoms with Gasteiger partial charge in [-0.2, -0.15) is 5.26 Å². The fourth-order valence-corrected chi connectivity index (χ4v) is 3.62. The van der Waals surface area contributed by atoms with E-state index in [0.29, 0.717) is 5.69 Å². The van der Waals surface area contributed by atoms with Gasteiger partial charge in [0.25, 0.3) is 0 Å². The van der Waals surface area contributed by atoms with E-state index < -0.39 is 0 Å².